The lowest BCUT2D eigenvalue weighted by Gasteiger charge is -2.30. The second-order valence-electron chi connectivity index (χ2n) is 8.78. The zero-order valence-corrected chi connectivity index (χ0v) is 19.6. The molecule has 0 aromatic rings. The molecule has 27 heavy (non-hydrogen) atoms. The third-order valence-corrected chi connectivity index (χ3v) is 5.84. The Balaban J connectivity index is 3.90. The first-order valence-electron chi connectivity index (χ1n) is 11.1. The fourth-order valence-electron chi connectivity index (χ4n) is 3.07. The number of phosphoric acid groups is 1. The summed E-state index contributed by atoms with van der Waals surface area (Å²) in [7, 11) is 1.81. The van der Waals surface area contributed by atoms with Crippen molar-refractivity contribution in [3.63, 3.8) is 0 Å². The van der Waals surface area contributed by atoms with Crippen LogP contribution in [0.25, 0.3) is 0 Å². The van der Waals surface area contributed by atoms with Crippen molar-refractivity contribution in [2.24, 2.45) is 0 Å². The summed E-state index contributed by atoms with van der Waals surface area (Å²) in [6.07, 6.45) is 15.0. The lowest BCUT2D eigenvalue weighted by Crippen LogP contribution is -2.37. The van der Waals surface area contributed by atoms with E-state index in [0.29, 0.717) is 11.0 Å². The smallest absolute Gasteiger partial charge is 0.268 e. The van der Waals surface area contributed by atoms with E-state index >= 15 is 0 Å². The van der Waals surface area contributed by atoms with Crippen LogP contribution in [-0.4, -0.2) is 44.9 Å². The van der Waals surface area contributed by atoms with Crippen LogP contribution < -0.4 is 4.89 Å². The molecule has 0 radical (unpaired) electrons. The van der Waals surface area contributed by atoms with Crippen molar-refractivity contribution in [2.75, 3.05) is 34.3 Å². The Kier molecular flexibility index (Phi) is 16.0. The zero-order valence-electron chi connectivity index (χ0n) is 18.7. The Morgan fingerprint density at radius 1 is 0.815 bits per heavy atom. The summed E-state index contributed by atoms with van der Waals surface area (Å²) in [4.78, 5) is 12.1. The molecule has 0 heterocycles. The average Bonchev–Trinajstić information content (AvgIpc) is 2.55. The van der Waals surface area contributed by atoms with Crippen molar-refractivity contribution in [3.05, 3.63) is 0 Å². The van der Waals surface area contributed by atoms with Gasteiger partial charge < -0.3 is 18.4 Å². The highest BCUT2D eigenvalue weighted by atomic mass is 31.2. The SMILES string of the molecule is CCCCCCCCCCCCC(CCC)OP(=O)([O-])OCC[N+](C)(C)C. The molecular weight excluding hydrogens is 361 g/mol. The van der Waals surface area contributed by atoms with Gasteiger partial charge in [0.25, 0.3) is 7.82 Å². The fourth-order valence-corrected chi connectivity index (χ4v) is 4.01. The van der Waals surface area contributed by atoms with E-state index in [-0.39, 0.29) is 12.7 Å². The second kappa shape index (κ2) is 15.9. The molecule has 0 aromatic heterocycles. The molecule has 164 valence electrons. The first kappa shape index (κ1) is 27.1. The molecule has 0 saturated carbocycles. The third-order valence-electron chi connectivity index (χ3n) is 4.78. The Bertz CT molecular complexity index is 385. The summed E-state index contributed by atoms with van der Waals surface area (Å²) in [5.41, 5.74) is 0. The minimum Gasteiger partial charge on any atom is -0.756 e. The van der Waals surface area contributed by atoms with Gasteiger partial charge in [0, 0.05) is 0 Å². The normalized spacial score (nSPS) is 15.6. The Morgan fingerprint density at radius 3 is 1.81 bits per heavy atom. The van der Waals surface area contributed by atoms with Crippen LogP contribution in [0.4, 0.5) is 0 Å². The Labute approximate surface area is 169 Å². The maximum atomic E-state index is 12.1. The van der Waals surface area contributed by atoms with Crippen LogP contribution in [-0.2, 0) is 13.6 Å². The summed E-state index contributed by atoms with van der Waals surface area (Å²) >= 11 is 0. The molecule has 5 nitrogen and oxygen atoms in total. The van der Waals surface area contributed by atoms with E-state index in [1.165, 1.54) is 51.4 Å². The van der Waals surface area contributed by atoms with E-state index in [4.69, 9.17) is 9.05 Å². The van der Waals surface area contributed by atoms with Gasteiger partial charge in [-0.2, -0.15) is 0 Å². The standard InChI is InChI=1S/C21H46NO4P/c1-6-8-9-10-11-12-13-14-15-16-18-21(17-7-2)26-27(23,24)25-20-19-22(3,4)5/h21H,6-20H2,1-5H3. The monoisotopic (exact) mass is 407 g/mol. The lowest BCUT2D eigenvalue weighted by atomic mass is 10.0. The number of likely N-dealkylation sites (N-methyl/N-ethyl adjacent to an activating group) is 1. The first-order chi connectivity index (χ1) is 12.7. The molecule has 2 unspecified atom stereocenters. The van der Waals surface area contributed by atoms with Gasteiger partial charge in [-0.25, -0.2) is 0 Å². The van der Waals surface area contributed by atoms with Crippen molar-refractivity contribution in [2.45, 2.75) is 103 Å². The van der Waals surface area contributed by atoms with E-state index in [9.17, 15) is 9.46 Å². The molecule has 0 aliphatic rings. The van der Waals surface area contributed by atoms with Gasteiger partial charge in [0.2, 0.25) is 0 Å². The molecule has 6 heteroatoms. The van der Waals surface area contributed by atoms with Crippen molar-refractivity contribution in [3.8, 4) is 0 Å². The fraction of sp³-hybridized carbons (Fsp3) is 1.00. The molecule has 0 rings (SSSR count). The minimum atomic E-state index is -4.20. The van der Waals surface area contributed by atoms with Crippen LogP contribution in [0.5, 0.6) is 0 Å². The van der Waals surface area contributed by atoms with Crippen molar-refractivity contribution in [1.29, 1.82) is 0 Å². The van der Waals surface area contributed by atoms with Crippen LogP contribution in [0.3, 0.4) is 0 Å². The Hall–Kier alpha value is 0.0700. The molecule has 0 aromatic carbocycles. The zero-order chi connectivity index (χ0) is 20.6. The third kappa shape index (κ3) is 19.2. The van der Waals surface area contributed by atoms with E-state index in [2.05, 4.69) is 13.8 Å². The van der Waals surface area contributed by atoms with Gasteiger partial charge in [-0.05, 0) is 12.8 Å². The first-order valence-corrected chi connectivity index (χ1v) is 12.6. The summed E-state index contributed by atoms with van der Waals surface area (Å²) in [6, 6.07) is 0. The van der Waals surface area contributed by atoms with Crippen LogP contribution in [0.15, 0.2) is 0 Å². The predicted molar refractivity (Wildman–Crippen MR) is 113 cm³/mol. The van der Waals surface area contributed by atoms with E-state index in [1.807, 2.05) is 21.1 Å². The van der Waals surface area contributed by atoms with Gasteiger partial charge in [0.1, 0.15) is 13.2 Å². The highest BCUT2D eigenvalue weighted by molar-refractivity contribution is 7.45. The van der Waals surface area contributed by atoms with Gasteiger partial charge >= 0.3 is 0 Å². The van der Waals surface area contributed by atoms with Gasteiger partial charge in [-0.1, -0.05) is 84.5 Å². The Morgan fingerprint density at radius 2 is 1.33 bits per heavy atom. The van der Waals surface area contributed by atoms with E-state index in [1.54, 1.807) is 0 Å². The molecule has 0 N–H and O–H groups in total. The molecule has 0 bridgehead atoms. The largest absolute Gasteiger partial charge is 0.756 e. The van der Waals surface area contributed by atoms with Crippen molar-refractivity contribution >= 4 is 7.82 Å². The van der Waals surface area contributed by atoms with Gasteiger partial charge in [0.05, 0.1) is 27.2 Å². The van der Waals surface area contributed by atoms with Crippen LogP contribution in [0, 0.1) is 0 Å². The molecule has 0 aliphatic heterocycles. The quantitative estimate of drug-likeness (QED) is 0.157. The summed E-state index contributed by atoms with van der Waals surface area (Å²) in [5.74, 6) is 0. The lowest BCUT2D eigenvalue weighted by molar-refractivity contribution is -0.870. The summed E-state index contributed by atoms with van der Waals surface area (Å²) in [5, 5.41) is 0. The highest BCUT2D eigenvalue weighted by Gasteiger charge is 2.19. The summed E-state index contributed by atoms with van der Waals surface area (Å²) in [6.45, 7) is 5.11. The topological polar surface area (TPSA) is 58.6 Å². The highest BCUT2D eigenvalue weighted by Crippen LogP contribution is 2.41. The number of hydrogen-bond acceptors (Lipinski definition) is 4. The predicted octanol–water partition coefficient (Wildman–Crippen LogP) is 5.67. The molecule has 2 atom stereocenters. The number of quaternary nitrogens is 1. The molecule has 0 saturated heterocycles. The number of hydrogen-bond donors (Lipinski definition) is 0. The van der Waals surface area contributed by atoms with E-state index < -0.39 is 7.82 Å². The van der Waals surface area contributed by atoms with Gasteiger partial charge in [0.15, 0.2) is 0 Å². The maximum Gasteiger partial charge on any atom is 0.268 e. The average molecular weight is 408 g/mol. The second-order valence-corrected chi connectivity index (χ2v) is 10.1. The number of phosphoric ester groups is 1. The van der Waals surface area contributed by atoms with Crippen LogP contribution in [0.2, 0.25) is 0 Å². The molecule has 0 amide bonds. The van der Waals surface area contributed by atoms with Crippen LogP contribution >= 0.6 is 7.82 Å². The maximum absolute atomic E-state index is 12.1. The van der Waals surface area contributed by atoms with Crippen LogP contribution in [0.1, 0.15) is 97.3 Å². The molecule has 0 spiro atoms. The number of nitrogens with zero attached hydrogens (tertiary/aromatic N) is 1. The van der Waals surface area contributed by atoms with Gasteiger partial charge in [-0.3, -0.25) is 4.57 Å². The van der Waals surface area contributed by atoms with Gasteiger partial charge in [-0.15, -0.1) is 0 Å². The minimum absolute atomic E-state index is 0.168. The van der Waals surface area contributed by atoms with Crippen molar-refractivity contribution in [1.82, 2.24) is 0 Å². The van der Waals surface area contributed by atoms with E-state index in [0.717, 1.165) is 32.1 Å². The number of unbranched alkanes of at least 4 members (excludes halogenated alkanes) is 9. The van der Waals surface area contributed by atoms with Crippen molar-refractivity contribution < 1.29 is 23.0 Å². The molecular formula is C21H46NO4P. The molecule has 0 aliphatic carbocycles. The number of rotatable bonds is 19. The summed E-state index contributed by atoms with van der Waals surface area (Å²) < 4.78 is 23.1. The molecule has 0 fully saturated rings.